The predicted octanol–water partition coefficient (Wildman–Crippen LogP) is 2.19. The SMILES string of the molecule is C=C1CC2(CCCC2C(=O)OC2C3CC4C(=O)CC2C4C3)OC1=O. The average molecular weight is 330 g/mol. The van der Waals surface area contributed by atoms with Crippen LogP contribution >= 0.6 is 0 Å². The van der Waals surface area contributed by atoms with Crippen LogP contribution in [0.1, 0.15) is 44.9 Å². The summed E-state index contributed by atoms with van der Waals surface area (Å²) in [6, 6.07) is 0. The van der Waals surface area contributed by atoms with E-state index in [0.29, 0.717) is 48.9 Å². The second-order valence-corrected chi connectivity index (χ2v) is 8.42. The molecule has 4 saturated carbocycles. The van der Waals surface area contributed by atoms with Crippen molar-refractivity contribution in [3.63, 3.8) is 0 Å². The van der Waals surface area contributed by atoms with E-state index in [0.717, 1.165) is 19.3 Å². The zero-order valence-electron chi connectivity index (χ0n) is 13.7. The Hall–Kier alpha value is -1.65. The number of rotatable bonds is 2. The third-order valence-electron chi connectivity index (χ3n) is 7.30. The third kappa shape index (κ3) is 1.78. The number of hydrogen-bond acceptors (Lipinski definition) is 5. The van der Waals surface area contributed by atoms with Gasteiger partial charge in [0.25, 0.3) is 0 Å². The Bertz CT molecular complexity index is 649. The highest BCUT2D eigenvalue weighted by molar-refractivity contribution is 5.92. The molecule has 5 nitrogen and oxygen atoms in total. The molecule has 128 valence electrons. The first-order chi connectivity index (χ1) is 11.5. The van der Waals surface area contributed by atoms with Crippen LogP contribution in [-0.2, 0) is 23.9 Å². The molecule has 1 spiro atoms. The van der Waals surface area contributed by atoms with Crippen LogP contribution in [0.25, 0.3) is 0 Å². The molecule has 1 aliphatic heterocycles. The number of fused-ring (bicyclic) bond motifs is 1. The Morgan fingerprint density at radius 1 is 1.25 bits per heavy atom. The molecule has 0 radical (unpaired) electrons. The zero-order chi connectivity index (χ0) is 16.6. The highest BCUT2D eigenvalue weighted by Crippen LogP contribution is 2.59. The number of carbonyl (C=O) groups excluding carboxylic acids is 3. The van der Waals surface area contributed by atoms with E-state index < -0.39 is 5.60 Å². The van der Waals surface area contributed by atoms with E-state index in [2.05, 4.69) is 6.58 Å². The van der Waals surface area contributed by atoms with E-state index in [1.807, 2.05) is 0 Å². The van der Waals surface area contributed by atoms with Crippen LogP contribution < -0.4 is 0 Å². The molecule has 0 aromatic heterocycles. The van der Waals surface area contributed by atoms with Gasteiger partial charge in [0.05, 0.1) is 5.92 Å². The molecule has 0 aromatic rings. The molecule has 5 heteroatoms. The van der Waals surface area contributed by atoms with Crippen molar-refractivity contribution in [1.82, 2.24) is 0 Å². The lowest BCUT2D eigenvalue weighted by molar-refractivity contribution is -0.171. The second kappa shape index (κ2) is 4.70. The standard InChI is InChI=1S/C19H22O5/c1-9-8-19(24-17(9)21)4-2-3-14(19)18(22)23-16-10-5-11-12(6-10)15(20)7-13(11)16/h10-14,16H,1-8H2. The summed E-state index contributed by atoms with van der Waals surface area (Å²) in [7, 11) is 0. The van der Waals surface area contributed by atoms with Crippen molar-refractivity contribution in [3.8, 4) is 0 Å². The lowest BCUT2D eigenvalue weighted by Gasteiger charge is -2.32. The Labute approximate surface area is 140 Å². The van der Waals surface area contributed by atoms with Gasteiger partial charge in [0.15, 0.2) is 0 Å². The third-order valence-corrected chi connectivity index (χ3v) is 7.30. The Kier molecular flexibility index (Phi) is 2.88. The predicted molar refractivity (Wildman–Crippen MR) is 82.6 cm³/mol. The van der Waals surface area contributed by atoms with Crippen LogP contribution in [0, 0.1) is 29.6 Å². The number of ether oxygens (including phenoxy) is 2. The first kappa shape index (κ1) is 14.7. The molecule has 0 N–H and O–H groups in total. The van der Waals surface area contributed by atoms with Gasteiger partial charge in [-0.3, -0.25) is 9.59 Å². The Balaban J connectivity index is 1.34. The monoisotopic (exact) mass is 330 g/mol. The van der Waals surface area contributed by atoms with Crippen LogP contribution in [0.3, 0.4) is 0 Å². The van der Waals surface area contributed by atoms with E-state index in [1.165, 1.54) is 0 Å². The second-order valence-electron chi connectivity index (χ2n) is 8.42. The van der Waals surface area contributed by atoms with Gasteiger partial charge in [0.2, 0.25) is 0 Å². The lowest BCUT2D eigenvalue weighted by atomic mass is 9.85. The molecule has 2 bridgehead atoms. The summed E-state index contributed by atoms with van der Waals surface area (Å²) in [5, 5.41) is 0. The fraction of sp³-hybridized carbons (Fsp3) is 0.737. The van der Waals surface area contributed by atoms with Gasteiger partial charge in [-0.25, -0.2) is 4.79 Å². The smallest absolute Gasteiger partial charge is 0.334 e. The zero-order valence-corrected chi connectivity index (χ0v) is 13.7. The minimum atomic E-state index is -0.725. The highest BCUT2D eigenvalue weighted by atomic mass is 16.6. The van der Waals surface area contributed by atoms with Crippen molar-refractivity contribution >= 4 is 17.7 Å². The maximum absolute atomic E-state index is 12.9. The number of Topliss-reactive ketones (excluding diaryl/α,β-unsaturated/α-hetero) is 1. The molecular formula is C19H22O5. The molecule has 5 rings (SSSR count). The van der Waals surface area contributed by atoms with Gasteiger partial charge >= 0.3 is 11.9 Å². The summed E-state index contributed by atoms with van der Waals surface area (Å²) >= 11 is 0. The van der Waals surface area contributed by atoms with Gasteiger partial charge in [-0.15, -0.1) is 0 Å². The largest absolute Gasteiger partial charge is 0.461 e. The van der Waals surface area contributed by atoms with Gasteiger partial charge in [0.1, 0.15) is 17.5 Å². The number of carbonyl (C=O) groups is 3. The van der Waals surface area contributed by atoms with Gasteiger partial charge in [-0.2, -0.15) is 0 Å². The van der Waals surface area contributed by atoms with Crippen molar-refractivity contribution in [2.75, 3.05) is 0 Å². The molecule has 7 atom stereocenters. The molecule has 0 amide bonds. The van der Waals surface area contributed by atoms with Crippen LogP contribution in [-0.4, -0.2) is 29.4 Å². The van der Waals surface area contributed by atoms with Crippen LogP contribution in [0.4, 0.5) is 0 Å². The van der Waals surface area contributed by atoms with E-state index in [-0.39, 0.29) is 35.8 Å². The lowest BCUT2D eigenvalue weighted by Crippen LogP contribution is -2.41. The maximum Gasteiger partial charge on any atom is 0.334 e. The van der Waals surface area contributed by atoms with E-state index >= 15 is 0 Å². The van der Waals surface area contributed by atoms with Crippen LogP contribution in [0.5, 0.6) is 0 Å². The van der Waals surface area contributed by atoms with Crippen LogP contribution in [0.15, 0.2) is 12.2 Å². The summed E-state index contributed by atoms with van der Waals surface area (Å²) < 4.78 is 11.5. The summed E-state index contributed by atoms with van der Waals surface area (Å²) in [6.45, 7) is 3.76. The van der Waals surface area contributed by atoms with Gasteiger partial charge in [-0.1, -0.05) is 6.58 Å². The molecule has 5 fully saturated rings. The molecule has 7 unspecified atom stereocenters. The maximum atomic E-state index is 12.9. The summed E-state index contributed by atoms with van der Waals surface area (Å²) in [5.74, 6) is 0.607. The van der Waals surface area contributed by atoms with E-state index in [9.17, 15) is 14.4 Å². The summed E-state index contributed by atoms with van der Waals surface area (Å²) in [6.07, 6.45) is 5.09. The molecule has 4 aliphatic carbocycles. The summed E-state index contributed by atoms with van der Waals surface area (Å²) in [4.78, 5) is 36.7. The highest BCUT2D eigenvalue weighted by Gasteiger charge is 2.62. The van der Waals surface area contributed by atoms with Crippen molar-refractivity contribution in [3.05, 3.63) is 12.2 Å². The number of ketones is 1. The fourth-order valence-corrected chi connectivity index (χ4v) is 6.30. The molecule has 0 aromatic carbocycles. The van der Waals surface area contributed by atoms with Gasteiger partial charge in [-0.05, 0) is 43.9 Å². The van der Waals surface area contributed by atoms with Crippen molar-refractivity contribution in [1.29, 1.82) is 0 Å². The van der Waals surface area contributed by atoms with E-state index in [1.54, 1.807) is 0 Å². The summed E-state index contributed by atoms with van der Waals surface area (Å²) in [5.41, 5.74) is -0.268. The molecule has 1 saturated heterocycles. The normalized spacial score (nSPS) is 48.6. The van der Waals surface area contributed by atoms with Crippen molar-refractivity contribution < 1.29 is 23.9 Å². The fourth-order valence-electron chi connectivity index (χ4n) is 6.30. The molecule has 24 heavy (non-hydrogen) atoms. The average Bonchev–Trinajstić information content (AvgIpc) is 3.27. The number of esters is 2. The van der Waals surface area contributed by atoms with Crippen molar-refractivity contribution in [2.24, 2.45) is 29.6 Å². The topological polar surface area (TPSA) is 69.7 Å². The van der Waals surface area contributed by atoms with E-state index in [4.69, 9.17) is 9.47 Å². The Morgan fingerprint density at radius 3 is 2.83 bits per heavy atom. The van der Waals surface area contributed by atoms with Gasteiger partial charge in [0, 0.05) is 30.3 Å². The molecule has 5 aliphatic rings. The minimum Gasteiger partial charge on any atom is -0.461 e. The molecule has 1 heterocycles. The van der Waals surface area contributed by atoms with Crippen molar-refractivity contribution in [2.45, 2.75) is 56.7 Å². The molecular weight excluding hydrogens is 308 g/mol. The minimum absolute atomic E-state index is 0.108. The first-order valence-corrected chi connectivity index (χ1v) is 9.13. The quantitative estimate of drug-likeness (QED) is 0.573. The van der Waals surface area contributed by atoms with Gasteiger partial charge < -0.3 is 9.47 Å². The first-order valence-electron chi connectivity index (χ1n) is 9.13. The van der Waals surface area contributed by atoms with Crippen LogP contribution in [0.2, 0.25) is 0 Å². The Morgan fingerprint density at radius 2 is 2.08 bits per heavy atom. The number of hydrogen-bond donors (Lipinski definition) is 0.